The molecule has 1 saturated carbocycles. The minimum absolute atomic E-state index is 0.0188. The van der Waals surface area contributed by atoms with Crippen molar-refractivity contribution in [2.24, 2.45) is 0 Å². The smallest absolute Gasteiger partial charge is 0.354 e. The molecule has 0 spiro atoms. The number of carbonyl (C=O) groups is 2. The normalized spacial score (nSPS) is 18.0. The largest absolute Gasteiger partial charge is 0.491 e. The molecule has 1 amide bonds. The first-order valence-electron chi connectivity index (χ1n) is 14.6. The predicted molar refractivity (Wildman–Crippen MR) is 154 cm³/mol. The van der Waals surface area contributed by atoms with Gasteiger partial charge in [0.15, 0.2) is 0 Å². The second-order valence-electron chi connectivity index (χ2n) is 11.7. The molecule has 0 atom stereocenters. The average Bonchev–Trinajstić information content (AvgIpc) is 3.80. The molecule has 6 rings (SSSR count). The van der Waals surface area contributed by atoms with Gasteiger partial charge in [0.2, 0.25) is 0 Å². The molecule has 1 aliphatic carbocycles. The molecule has 3 aromatic rings. The van der Waals surface area contributed by atoms with E-state index in [0.29, 0.717) is 30.1 Å². The maximum atomic E-state index is 13.6. The van der Waals surface area contributed by atoms with Crippen LogP contribution in [0.1, 0.15) is 83.1 Å². The molecule has 0 radical (unpaired) electrons. The highest BCUT2D eigenvalue weighted by molar-refractivity contribution is 5.97. The number of amides is 1. The third kappa shape index (κ3) is 5.84. The summed E-state index contributed by atoms with van der Waals surface area (Å²) in [6, 6.07) is 14.4. The quantitative estimate of drug-likeness (QED) is 0.371. The standard InChI is InChI=1S/C33H36FN3O4/c1-20(2)41-31-18-28(22-5-7-24(34)8-6-22)27(21-3-4-21)17-23(31)19-36-14-11-25(12-15-36)37-16-13-29-26(32(37)38)9-10-30(35-29)33(39)40/h5-10,17-18,20-21,25H,3-4,11-16,19H2,1-2H3,(H,39,40). The third-order valence-corrected chi connectivity index (χ3v) is 8.43. The summed E-state index contributed by atoms with van der Waals surface area (Å²) in [6.07, 6.45) is 4.70. The zero-order valence-electron chi connectivity index (χ0n) is 23.6. The van der Waals surface area contributed by atoms with Crippen LogP contribution < -0.4 is 4.74 Å². The first kappa shape index (κ1) is 27.4. The number of carboxylic acid groups (broad SMARTS) is 1. The molecule has 8 heteroatoms. The van der Waals surface area contributed by atoms with Crippen LogP contribution in [-0.4, -0.2) is 63.5 Å². The van der Waals surface area contributed by atoms with Gasteiger partial charge >= 0.3 is 5.97 Å². The van der Waals surface area contributed by atoms with Gasteiger partial charge in [-0.05, 0) is 98.5 Å². The van der Waals surface area contributed by atoms with Crippen molar-refractivity contribution in [1.82, 2.24) is 14.8 Å². The number of aromatic carboxylic acids is 1. The molecular weight excluding hydrogens is 521 g/mol. The highest BCUT2D eigenvalue weighted by Crippen LogP contribution is 2.47. The van der Waals surface area contributed by atoms with Gasteiger partial charge in [0.05, 0.1) is 17.4 Å². The van der Waals surface area contributed by atoms with Crippen molar-refractivity contribution in [3.8, 4) is 16.9 Å². The second kappa shape index (κ2) is 11.2. The fourth-order valence-corrected chi connectivity index (χ4v) is 6.21. The Labute approximate surface area is 240 Å². The fraction of sp³-hybridized carbons (Fsp3) is 0.424. The topological polar surface area (TPSA) is 83.0 Å². The zero-order chi connectivity index (χ0) is 28.7. The first-order valence-corrected chi connectivity index (χ1v) is 14.6. The Bertz CT molecular complexity index is 1460. The number of benzene rings is 2. The summed E-state index contributed by atoms with van der Waals surface area (Å²) in [7, 11) is 0. The number of nitrogens with zero attached hydrogens (tertiary/aromatic N) is 3. The number of carbonyl (C=O) groups excluding carboxylic acids is 1. The van der Waals surface area contributed by atoms with Gasteiger partial charge in [-0.3, -0.25) is 9.69 Å². The van der Waals surface area contributed by atoms with E-state index in [-0.39, 0.29) is 29.6 Å². The number of pyridine rings is 1. The molecule has 2 fully saturated rings. The van der Waals surface area contributed by atoms with E-state index in [1.54, 1.807) is 6.07 Å². The number of piperidine rings is 1. The van der Waals surface area contributed by atoms with Gasteiger partial charge in [0, 0.05) is 44.2 Å². The van der Waals surface area contributed by atoms with Gasteiger partial charge in [-0.15, -0.1) is 0 Å². The van der Waals surface area contributed by atoms with E-state index in [1.807, 2.05) is 30.9 Å². The molecule has 1 saturated heterocycles. The highest BCUT2D eigenvalue weighted by Gasteiger charge is 2.34. The summed E-state index contributed by atoms with van der Waals surface area (Å²) in [5.74, 6) is 0.0435. The molecule has 1 N–H and O–H groups in total. The van der Waals surface area contributed by atoms with Crippen LogP contribution in [0.5, 0.6) is 5.75 Å². The molecule has 3 aliphatic rings. The minimum Gasteiger partial charge on any atom is -0.491 e. The molecule has 2 aliphatic heterocycles. The van der Waals surface area contributed by atoms with Crippen molar-refractivity contribution >= 4 is 11.9 Å². The van der Waals surface area contributed by atoms with Crippen molar-refractivity contribution in [3.63, 3.8) is 0 Å². The lowest BCUT2D eigenvalue weighted by atomic mass is 9.93. The predicted octanol–water partition coefficient (Wildman–Crippen LogP) is 5.91. The number of likely N-dealkylation sites (tertiary alicyclic amines) is 1. The first-order chi connectivity index (χ1) is 19.8. The number of hydrogen-bond donors (Lipinski definition) is 1. The SMILES string of the molecule is CC(C)Oc1cc(-c2ccc(F)cc2)c(C2CC2)cc1CN1CCC(N2CCc3nc(C(=O)O)ccc3C2=O)CC1. The van der Waals surface area contributed by atoms with Crippen LogP contribution in [0.4, 0.5) is 4.39 Å². The van der Waals surface area contributed by atoms with Gasteiger partial charge in [-0.25, -0.2) is 14.2 Å². The molecule has 1 aromatic heterocycles. The van der Waals surface area contributed by atoms with Crippen LogP contribution in [0.15, 0.2) is 48.5 Å². The lowest BCUT2D eigenvalue weighted by Gasteiger charge is -2.40. The summed E-state index contributed by atoms with van der Waals surface area (Å²) in [4.78, 5) is 33.2. The van der Waals surface area contributed by atoms with Crippen molar-refractivity contribution in [1.29, 1.82) is 0 Å². The van der Waals surface area contributed by atoms with E-state index in [1.165, 1.54) is 42.2 Å². The summed E-state index contributed by atoms with van der Waals surface area (Å²) in [6.45, 7) is 7.15. The average molecular weight is 558 g/mol. The molecular formula is C33H36FN3O4. The Morgan fingerprint density at radius 2 is 1.76 bits per heavy atom. The number of halogens is 1. The van der Waals surface area contributed by atoms with Crippen LogP contribution in [0.2, 0.25) is 0 Å². The highest BCUT2D eigenvalue weighted by atomic mass is 19.1. The summed E-state index contributed by atoms with van der Waals surface area (Å²) in [5.41, 5.74) is 5.71. The van der Waals surface area contributed by atoms with Crippen LogP contribution in [0.3, 0.4) is 0 Å². The van der Waals surface area contributed by atoms with E-state index in [0.717, 1.165) is 49.4 Å². The van der Waals surface area contributed by atoms with E-state index in [9.17, 15) is 19.1 Å². The number of carboxylic acids is 1. The minimum atomic E-state index is -1.08. The van der Waals surface area contributed by atoms with Gasteiger partial charge in [-0.2, -0.15) is 0 Å². The van der Waals surface area contributed by atoms with Crippen molar-refractivity contribution in [2.75, 3.05) is 19.6 Å². The Morgan fingerprint density at radius 3 is 2.41 bits per heavy atom. The van der Waals surface area contributed by atoms with Gasteiger partial charge in [0.25, 0.3) is 5.91 Å². The van der Waals surface area contributed by atoms with Crippen molar-refractivity contribution in [2.45, 2.75) is 70.6 Å². The molecule has 3 heterocycles. The van der Waals surface area contributed by atoms with Crippen LogP contribution in [0, 0.1) is 5.82 Å². The Morgan fingerprint density at radius 1 is 1.02 bits per heavy atom. The lowest BCUT2D eigenvalue weighted by Crippen LogP contribution is -2.50. The second-order valence-corrected chi connectivity index (χ2v) is 11.7. The maximum absolute atomic E-state index is 13.6. The van der Waals surface area contributed by atoms with E-state index in [2.05, 4.69) is 22.0 Å². The van der Waals surface area contributed by atoms with Crippen LogP contribution in [-0.2, 0) is 13.0 Å². The Balaban J connectivity index is 1.17. The number of ether oxygens (including phenoxy) is 1. The van der Waals surface area contributed by atoms with Crippen molar-refractivity contribution < 1.29 is 23.8 Å². The number of rotatable bonds is 8. The van der Waals surface area contributed by atoms with E-state index < -0.39 is 5.97 Å². The van der Waals surface area contributed by atoms with Gasteiger partial charge < -0.3 is 14.7 Å². The number of fused-ring (bicyclic) bond motifs is 1. The van der Waals surface area contributed by atoms with Gasteiger partial charge in [0.1, 0.15) is 17.3 Å². The summed E-state index contributed by atoms with van der Waals surface area (Å²) in [5, 5.41) is 9.24. The Hall–Kier alpha value is -3.78. The number of hydrogen-bond acceptors (Lipinski definition) is 5. The molecule has 0 unspecified atom stereocenters. The molecule has 41 heavy (non-hydrogen) atoms. The van der Waals surface area contributed by atoms with E-state index in [4.69, 9.17) is 4.74 Å². The maximum Gasteiger partial charge on any atom is 0.354 e. The monoisotopic (exact) mass is 557 g/mol. The fourth-order valence-electron chi connectivity index (χ4n) is 6.21. The van der Waals surface area contributed by atoms with Crippen molar-refractivity contribution in [3.05, 3.63) is 82.4 Å². The summed E-state index contributed by atoms with van der Waals surface area (Å²) < 4.78 is 20.0. The third-order valence-electron chi connectivity index (χ3n) is 8.43. The van der Waals surface area contributed by atoms with Crippen LogP contribution in [0.25, 0.3) is 11.1 Å². The van der Waals surface area contributed by atoms with Crippen LogP contribution >= 0.6 is 0 Å². The Kier molecular flexibility index (Phi) is 7.51. The number of aromatic nitrogens is 1. The van der Waals surface area contributed by atoms with Gasteiger partial charge in [-0.1, -0.05) is 12.1 Å². The molecule has 0 bridgehead atoms. The lowest BCUT2D eigenvalue weighted by molar-refractivity contribution is 0.0540. The molecule has 214 valence electrons. The molecule has 7 nitrogen and oxygen atoms in total. The van der Waals surface area contributed by atoms with E-state index >= 15 is 0 Å². The summed E-state index contributed by atoms with van der Waals surface area (Å²) >= 11 is 0. The zero-order valence-corrected chi connectivity index (χ0v) is 23.6. The molecule has 2 aromatic carbocycles.